The zero-order valence-electron chi connectivity index (χ0n) is 26.4. The first-order valence-corrected chi connectivity index (χ1v) is 19.1. The molecule has 0 saturated heterocycles. The van der Waals surface area contributed by atoms with Gasteiger partial charge in [0, 0.05) is 5.92 Å². The van der Waals surface area contributed by atoms with E-state index in [0.29, 0.717) is 11.8 Å². The third kappa shape index (κ3) is 5.68. The van der Waals surface area contributed by atoms with E-state index >= 15 is 0 Å². The van der Waals surface area contributed by atoms with Gasteiger partial charge in [0.25, 0.3) is 0 Å². The van der Waals surface area contributed by atoms with Gasteiger partial charge in [-0.05, 0) is 81.1 Å². The van der Waals surface area contributed by atoms with Crippen molar-refractivity contribution < 1.29 is 0 Å². The van der Waals surface area contributed by atoms with Gasteiger partial charge in [-0.1, -0.05) is 195 Å². The molecule has 0 aliphatic heterocycles. The van der Waals surface area contributed by atoms with Crippen molar-refractivity contribution in [3.8, 4) is 0 Å². The van der Waals surface area contributed by atoms with Gasteiger partial charge in [-0.2, -0.15) is 0 Å². The van der Waals surface area contributed by atoms with E-state index in [1.165, 1.54) is 59.3 Å². The Morgan fingerprint density at radius 2 is 1.00 bits per heavy atom. The summed E-state index contributed by atoms with van der Waals surface area (Å²) in [7, 11) is -1.68. The van der Waals surface area contributed by atoms with Crippen LogP contribution in [-0.2, 0) is 0 Å². The van der Waals surface area contributed by atoms with Gasteiger partial charge in [0.1, 0.15) is 0 Å². The predicted molar refractivity (Wildman–Crippen MR) is 208 cm³/mol. The van der Waals surface area contributed by atoms with Crippen molar-refractivity contribution in [2.45, 2.75) is 6.92 Å². The molecule has 2 aliphatic rings. The van der Waals surface area contributed by atoms with Crippen molar-refractivity contribution in [2.75, 3.05) is 0 Å². The third-order valence-corrected chi connectivity index (χ3v) is 14.3. The van der Waals surface area contributed by atoms with Crippen LogP contribution in [0.2, 0.25) is 0 Å². The Bertz CT molecular complexity index is 2060. The summed E-state index contributed by atoms with van der Waals surface area (Å²) in [5.41, 5.74) is 4.24. The van der Waals surface area contributed by atoms with Gasteiger partial charge in [0.2, 0.25) is 0 Å². The first kappa shape index (κ1) is 29.8. The van der Waals surface area contributed by atoms with Crippen LogP contribution in [0.15, 0.2) is 199 Å². The molecule has 226 valence electrons. The second kappa shape index (κ2) is 13.3. The molecule has 6 aromatic rings. The van der Waals surface area contributed by atoms with Crippen molar-refractivity contribution in [3.63, 3.8) is 0 Å². The van der Waals surface area contributed by atoms with Gasteiger partial charge in [-0.3, -0.25) is 0 Å². The van der Waals surface area contributed by atoms with E-state index in [0.717, 1.165) is 0 Å². The summed E-state index contributed by atoms with van der Waals surface area (Å²) in [6.45, 7) is 2.40. The molecule has 0 amide bonds. The summed E-state index contributed by atoms with van der Waals surface area (Å²) in [6, 6.07) is 58.6. The summed E-state index contributed by atoms with van der Waals surface area (Å²) in [4.78, 5) is 0. The molecule has 2 unspecified atom stereocenters. The van der Waals surface area contributed by atoms with Gasteiger partial charge in [0.15, 0.2) is 0 Å². The van der Waals surface area contributed by atoms with Gasteiger partial charge in [-0.25, -0.2) is 0 Å². The molecular weight excluding hydrogens is 602 g/mol. The lowest BCUT2D eigenvalue weighted by Crippen LogP contribution is -2.27. The highest BCUT2D eigenvalue weighted by Crippen LogP contribution is 2.57. The van der Waals surface area contributed by atoms with E-state index in [1.54, 1.807) is 0 Å². The summed E-state index contributed by atoms with van der Waals surface area (Å²) >= 11 is 0. The van der Waals surface area contributed by atoms with Gasteiger partial charge in [0.05, 0.1) is 0 Å². The fourth-order valence-electron chi connectivity index (χ4n) is 7.18. The van der Waals surface area contributed by atoms with E-state index < -0.39 is 15.8 Å². The fourth-order valence-corrected chi connectivity index (χ4v) is 12.3. The van der Waals surface area contributed by atoms with Crippen molar-refractivity contribution >= 4 is 58.7 Å². The number of fused-ring (bicyclic) bond motifs is 2. The van der Waals surface area contributed by atoms with Crippen LogP contribution in [0, 0.1) is 11.8 Å². The van der Waals surface area contributed by atoms with Gasteiger partial charge < -0.3 is 0 Å². The molecule has 0 aromatic heterocycles. The number of hydrogen-bond acceptors (Lipinski definition) is 0. The van der Waals surface area contributed by atoms with E-state index in [2.05, 4.69) is 195 Å². The van der Waals surface area contributed by atoms with E-state index in [-0.39, 0.29) is 0 Å². The summed E-state index contributed by atoms with van der Waals surface area (Å²) in [5.74, 6) is 0.708. The van der Waals surface area contributed by atoms with Crippen molar-refractivity contribution in [1.82, 2.24) is 0 Å². The largest absolute Gasteiger partial charge is 0.0764 e. The van der Waals surface area contributed by atoms with Crippen molar-refractivity contribution in [1.29, 1.82) is 0 Å². The highest BCUT2D eigenvalue weighted by atomic mass is 31.1. The Hall–Kier alpha value is -4.60. The standard InChI is InChI=1S/C45H36P2/c1-33-32-43(47(37-23-10-4-11-24-37)38-25-12-5-13-26-38)45(41-29-17-16-27-39(33)41)44-40-28-15-14-18-34(40)30-31-42(44)46(35-19-6-2-7-20-35)36-21-8-3-9-22-36/h2-33,39H,1H3. The summed E-state index contributed by atoms with van der Waals surface area (Å²) < 4.78 is 0. The Labute approximate surface area is 281 Å². The molecule has 0 saturated carbocycles. The SMILES string of the molecule is CC1C=C(P(c2ccccc2)c2ccccc2)C(c2c(P(c3ccccc3)c3ccccc3)ccc3ccccc23)=C2C=CC=CC21. The minimum Gasteiger partial charge on any atom is -0.0764 e. The van der Waals surface area contributed by atoms with Crippen LogP contribution in [0.3, 0.4) is 0 Å². The Balaban J connectivity index is 1.48. The Morgan fingerprint density at radius 1 is 0.489 bits per heavy atom. The zero-order valence-corrected chi connectivity index (χ0v) is 28.2. The molecule has 0 nitrogen and oxygen atoms in total. The van der Waals surface area contributed by atoms with Crippen LogP contribution < -0.4 is 26.5 Å². The minimum atomic E-state index is -0.844. The van der Waals surface area contributed by atoms with Gasteiger partial charge >= 0.3 is 0 Å². The molecule has 8 rings (SSSR count). The Morgan fingerprint density at radius 3 is 1.57 bits per heavy atom. The molecule has 2 aliphatic carbocycles. The number of allylic oxidation sites excluding steroid dienone is 8. The quantitative estimate of drug-likeness (QED) is 0.153. The van der Waals surface area contributed by atoms with Crippen LogP contribution in [0.4, 0.5) is 0 Å². The highest BCUT2D eigenvalue weighted by molar-refractivity contribution is 7.80. The van der Waals surface area contributed by atoms with Gasteiger partial charge in [-0.15, -0.1) is 0 Å². The van der Waals surface area contributed by atoms with Crippen LogP contribution >= 0.6 is 15.8 Å². The van der Waals surface area contributed by atoms with Crippen LogP contribution in [-0.4, -0.2) is 0 Å². The molecule has 6 aromatic carbocycles. The third-order valence-electron chi connectivity index (χ3n) is 9.29. The number of rotatable bonds is 7. The second-order valence-corrected chi connectivity index (χ2v) is 16.6. The average molecular weight is 639 g/mol. The Kier molecular flexibility index (Phi) is 8.40. The lowest BCUT2D eigenvalue weighted by Gasteiger charge is -2.37. The monoisotopic (exact) mass is 638 g/mol. The molecule has 0 radical (unpaired) electrons. The van der Waals surface area contributed by atoms with Crippen LogP contribution in [0.5, 0.6) is 0 Å². The lowest BCUT2D eigenvalue weighted by atomic mass is 9.75. The molecular formula is C45H36P2. The fraction of sp³-hybridized carbons (Fsp3) is 0.0667. The summed E-state index contributed by atoms with van der Waals surface area (Å²) in [5, 5.41) is 11.0. The maximum Gasteiger partial charge on any atom is 0.00880 e. The smallest absolute Gasteiger partial charge is 0.00880 e. The molecule has 0 fully saturated rings. The second-order valence-electron chi connectivity index (χ2n) is 12.2. The molecule has 2 heteroatoms. The molecule has 0 bridgehead atoms. The number of benzene rings is 6. The van der Waals surface area contributed by atoms with E-state index in [4.69, 9.17) is 0 Å². The van der Waals surface area contributed by atoms with Crippen molar-refractivity contribution in [3.05, 3.63) is 205 Å². The minimum absolute atomic E-state index is 0.327. The van der Waals surface area contributed by atoms with Crippen molar-refractivity contribution in [2.24, 2.45) is 11.8 Å². The lowest BCUT2D eigenvalue weighted by molar-refractivity contribution is 0.584. The number of hydrogen-bond donors (Lipinski definition) is 0. The first-order valence-electron chi connectivity index (χ1n) is 16.4. The molecule has 0 heterocycles. The summed E-state index contributed by atoms with van der Waals surface area (Å²) in [6.07, 6.45) is 11.9. The molecule has 2 atom stereocenters. The first-order chi connectivity index (χ1) is 23.3. The maximum absolute atomic E-state index is 2.62. The highest BCUT2D eigenvalue weighted by Gasteiger charge is 2.35. The molecule has 47 heavy (non-hydrogen) atoms. The van der Waals surface area contributed by atoms with Crippen LogP contribution in [0.1, 0.15) is 12.5 Å². The van der Waals surface area contributed by atoms with Crippen LogP contribution in [0.25, 0.3) is 16.3 Å². The average Bonchev–Trinajstić information content (AvgIpc) is 3.14. The maximum atomic E-state index is 2.62. The zero-order chi connectivity index (χ0) is 31.6. The van der Waals surface area contributed by atoms with E-state index in [9.17, 15) is 0 Å². The topological polar surface area (TPSA) is 0 Å². The van der Waals surface area contributed by atoms with E-state index in [1.807, 2.05) is 0 Å². The molecule has 0 spiro atoms. The predicted octanol–water partition coefficient (Wildman–Crippen LogP) is 9.76. The molecule has 0 N–H and O–H groups in total. The normalized spacial score (nSPS) is 17.3.